The highest BCUT2D eigenvalue weighted by Crippen LogP contribution is 2.26. The smallest absolute Gasteiger partial charge is 0.251 e. The van der Waals surface area contributed by atoms with Crippen LogP contribution in [0.25, 0.3) is 0 Å². The van der Waals surface area contributed by atoms with E-state index in [2.05, 4.69) is 12.2 Å². The summed E-state index contributed by atoms with van der Waals surface area (Å²) >= 11 is 6.31. The number of halogens is 2. The Morgan fingerprint density at radius 1 is 1.00 bits per heavy atom. The summed E-state index contributed by atoms with van der Waals surface area (Å²) in [7, 11) is 1.96. The minimum atomic E-state index is -0.144. The lowest BCUT2D eigenvalue weighted by Gasteiger charge is -2.10. The molecular weight excluding hydrogens is 511 g/mol. The monoisotopic (exact) mass is 544 g/mol. The lowest BCUT2D eigenvalue weighted by Crippen LogP contribution is -3.00. The molecule has 4 nitrogen and oxygen atoms in total. The molecule has 1 amide bonds. The minimum Gasteiger partial charge on any atom is -1.00 e. The van der Waals surface area contributed by atoms with Crippen molar-refractivity contribution in [3.8, 4) is 5.75 Å². The Labute approximate surface area is 203 Å². The van der Waals surface area contributed by atoms with Crippen LogP contribution in [-0.2, 0) is 13.6 Å². The largest absolute Gasteiger partial charge is 1.00 e. The van der Waals surface area contributed by atoms with Crippen LogP contribution < -0.4 is 38.6 Å². The van der Waals surface area contributed by atoms with Gasteiger partial charge in [0.05, 0.1) is 11.6 Å². The molecule has 0 aliphatic heterocycles. The van der Waals surface area contributed by atoms with Crippen molar-refractivity contribution in [3.63, 3.8) is 0 Å². The highest BCUT2D eigenvalue weighted by atomic mass is 127. The maximum atomic E-state index is 12.4. The Kier molecular flexibility index (Phi) is 13.8. The van der Waals surface area contributed by atoms with Gasteiger partial charge in [0, 0.05) is 24.2 Å². The van der Waals surface area contributed by atoms with Gasteiger partial charge in [-0.15, -0.1) is 0 Å². The summed E-state index contributed by atoms with van der Waals surface area (Å²) < 4.78 is 7.75. The van der Waals surface area contributed by atoms with Gasteiger partial charge in [-0.25, -0.2) is 4.57 Å². The van der Waals surface area contributed by atoms with Crippen molar-refractivity contribution in [3.05, 3.63) is 58.9 Å². The molecular formula is C24H34ClIN2O2. The quantitative estimate of drug-likeness (QED) is 0.239. The fourth-order valence-electron chi connectivity index (χ4n) is 3.11. The zero-order chi connectivity index (χ0) is 20.9. The first kappa shape index (κ1) is 26.7. The van der Waals surface area contributed by atoms with E-state index in [9.17, 15) is 4.79 Å². The number of unbranched alkanes of at least 4 members (excludes halogenated alkanes) is 7. The summed E-state index contributed by atoms with van der Waals surface area (Å²) in [5, 5.41) is 3.39. The Hall–Kier alpha value is -1.34. The highest BCUT2D eigenvalue weighted by molar-refractivity contribution is 6.32. The first-order valence-electron chi connectivity index (χ1n) is 10.7. The molecule has 0 aliphatic carbocycles. The molecule has 0 saturated carbocycles. The average Bonchev–Trinajstić information content (AvgIpc) is 2.73. The molecule has 0 fully saturated rings. The molecule has 0 aliphatic rings. The molecule has 2 aromatic rings. The van der Waals surface area contributed by atoms with Gasteiger partial charge in [0.1, 0.15) is 12.8 Å². The lowest BCUT2D eigenvalue weighted by molar-refractivity contribution is -0.671. The third kappa shape index (κ3) is 10.1. The van der Waals surface area contributed by atoms with Gasteiger partial charge in [0.15, 0.2) is 12.4 Å². The van der Waals surface area contributed by atoms with Crippen LogP contribution in [-0.4, -0.2) is 12.5 Å². The van der Waals surface area contributed by atoms with E-state index >= 15 is 0 Å². The topological polar surface area (TPSA) is 42.2 Å². The van der Waals surface area contributed by atoms with Gasteiger partial charge in [0.25, 0.3) is 5.91 Å². The van der Waals surface area contributed by atoms with Crippen molar-refractivity contribution < 1.29 is 38.1 Å². The molecule has 1 heterocycles. The number of hydrogen-bond donors (Lipinski definition) is 1. The first-order chi connectivity index (χ1) is 14.1. The molecule has 0 unspecified atom stereocenters. The molecule has 1 aromatic heterocycles. The van der Waals surface area contributed by atoms with E-state index in [1.165, 1.54) is 44.9 Å². The van der Waals surface area contributed by atoms with Crippen LogP contribution in [0.2, 0.25) is 5.02 Å². The molecule has 0 saturated heterocycles. The lowest BCUT2D eigenvalue weighted by atomic mass is 10.1. The van der Waals surface area contributed by atoms with Crippen molar-refractivity contribution in [2.45, 2.75) is 64.8 Å². The fraction of sp³-hybridized carbons (Fsp3) is 0.500. The van der Waals surface area contributed by atoms with E-state index in [1.54, 1.807) is 18.2 Å². The first-order valence-corrected chi connectivity index (χ1v) is 11.1. The van der Waals surface area contributed by atoms with Crippen molar-refractivity contribution in [2.24, 2.45) is 7.05 Å². The van der Waals surface area contributed by atoms with Crippen LogP contribution in [0.1, 0.15) is 74.2 Å². The van der Waals surface area contributed by atoms with Gasteiger partial charge in [-0.05, 0) is 30.2 Å². The van der Waals surface area contributed by atoms with Crippen LogP contribution in [0.3, 0.4) is 0 Å². The van der Waals surface area contributed by atoms with Gasteiger partial charge < -0.3 is 34.0 Å². The SMILES string of the molecule is CCCCCCCCCCOc1ccc(C(=O)NCc2cc[n+](C)cc2)cc1Cl.[I-]. The number of aryl methyl sites for hydroxylation is 1. The second-order valence-corrected chi connectivity index (χ2v) is 7.93. The van der Waals surface area contributed by atoms with E-state index in [0.717, 1.165) is 12.0 Å². The molecule has 0 atom stereocenters. The molecule has 30 heavy (non-hydrogen) atoms. The zero-order valence-electron chi connectivity index (χ0n) is 18.1. The summed E-state index contributed by atoms with van der Waals surface area (Å²) in [6.07, 6.45) is 14.0. The molecule has 6 heteroatoms. The van der Waals surface area contributed by atoms with Crippen molar-refractivity contribution in [1.82, 2.24) is 5.32 Å². The number of carbonyl (C=O) groups excluding carboxylic acids is 1. The van der Waals surface area contributed by atoms with Gasteiger partial charge >= 0.3 is 0 Å². The predicted molar refractivity (Wildman–Crippen MR) is 118 cm³/mol. The maximum absolute atomic E-state index is 12.4. The number of hydrogen-bond acceptors (Lipinski definition) is 2. The normalized spacial score (nSPS) is 10.4. The number of carbonyl (C=O) groups is 1. The summed E-state index contributed by atoms with van der Waals surface area (Å²) in [5.41, 5.74) is 1.59. The van der Waals surface area contributed by atoms with Crippen LogP contribution >= 0.6 is 11.6 Å². The number of pyridine rings is 1. The van der Waals surface area contributed by atoms with Crippen LogP contribution in [0.15, 0.2) is 42.7 Å². The Morgan fingerprint density at radius 3 is 2.27 bits per heavy atom. The van der Waals surface area contributed by atoms with E-state index < -0.39 is 0 Å². The number of nitrogens with one attached hydrogen (secondary N) is 1. The number of amides is 1. The van der Waals surface area contributed by atoms with E-state index in [0.29, 0.717) is 29.5 Å². The van der Waals surface area contributed by atoms with Gasteiger partial charge in [0.2, 0.25) is 0 Å². The van der Waals surface area contributed by atoms with E-state index in [1.807, 2.05) is 36.1 Å². The molecule has 166 valence electrons. The number of nitrogens with zero attached hydrogens (tertiary/aromatic N) is 1. The number of ether oxygens (including phenoxy) is 1. The van der Waals surface area contributed by atoms with Gasteiger partial charge in [-0.1, -0.05) is 63.5 Å². The Bertz CT molecular complexity index is 753. The standard InChI is InChI=1S/C24H33ClN2O2.HI/c1-3-4-5-6-7-8-9-10-17-29-23-12-11-21(18-22(23)25)24(28)26-19-20-13-15-27(2)16-14-20;/h11-16,18H,3-10,17,19H2,1-2H3;1H. The Balaban J connectivity index is 0.00000450. The van der Waals surface area contributed by atoms with Crippen molar-refractivity contribution >= 4 is 17.5 Å². The summed E-state index contributed by atoms with van der Waals surface area (Å²) in [6.45, 7) is 3.38. The van der Waals surface area contributed by atoms with Gasteiger partial charge in [-0.2, -0.15) is 0 Å². The third-order valence-electron chi connectivity index (χ3n) is 4.95. The summed E-state index contributed by atoms with van der Waals surface area (Å²) in [6, 6.07) is 9.18. The minimum absolute atomic E-state index is 0. The second-order valence-electron chi connectivity index (χ2n) is 7.52. The van der Waals surface area contributed by atoms with Crippen molar-refractivity contribution in [2.75, 3.05) is 6.61 Å². The van der Waals surface area contributed by atoms with Gasteiger partial charge in [-0.3, -0.25) is 4.79 Å². The number of benzene rings is 1. The summed E-state index contributed by atoms with van der Waals surface area (Å²) in [4.78, 5) is 12.4. The number of aromatic nitrogens is 1. The maximum Gasteiger partial charge on any atom is 0.251 e. The molecule has 0 spiro atoms. The zero-order valence-corrected chi connectivity index (χ0v) is 21.0. The predicted octanol–water partition coefficient (Wildman–Crippen LogP) is 2.62. The van der Waals surface area contributed by atoms with Crippen molar-refractivity contribution in [1.29, 1.82) is 0 Å². The average molecular weight is 545 g/mol. The van der Waals surface area contributed by atoms with Crippen LogP contribution in [0, 0.1) is 0 Å². The summed E-state index contributed by atoms with van der Waals surface area (Å²) in [5.74, 6) is 0.497. The fourth-order valence-corrected chi connectivity index (χ4v) is 3.35. The Morgan fingerprint density at radius 2 is 1.63 bits per heavy atom. The molecule has 1 N–H and O–H groups in total. The van der Waals surface area contributed by atoms with E-state index in [4.69, 9.17) is 16.3 Å². The van der Waals surface area contributed by atoms with Crippen LogP contribution in [0.4, 0.5) is 0 Å². The highest BCUT2D eigenvalue weighted by Gasteiger charge is 2.10. The number of rotatable bonds is 13. The van der Waals surface area contributed by atoms with E-state index in [-0.39, 0.29) is 29.9 Å². The molecule has 2 rings (SSSR count). The third-order valence-corrected chi connectivity index (χ3v) is 5.25. The molecule has 1 aromatic carbocycles. The van der Waals surface area contributed by atoms with Crippen LogP contribution in [0.5, 0.6) is 5.75 Å². The molecule has 0 radical (unpaired) electrons. The molecule has 0 bridgehead atoms. The second kappa shape index (κ2) is 15.5.